The van der Waals surface area contributed by atoms with Crippen LogP contribution in [0.1, 0.15) is 52.4 Å². The van der Waals surface area contributed by atoms with Crippen molar-refractivity contribution in [3.05, 3.63) is 12.2 Å². The van der Waals surface area contributed by atoms with Crippen LogP contribution in [0.3, 0.4) is 0 Å². The summed E-state index contributed by atoms with van der Waals surface area (Å²) in [7, 11) is 1.32. The van der Waals surface area contributed by atoms with Crippen LogP contribution in [0.5, 0.6) is 0 Å². The molecule has 1 aliphatic rings. The molecule has 1 amide bonds. The smallest absolute Gasteiger partial charge is 0.328 e. The molecule has 0 aromatic heterocycles. The van der Waals surface area contributed by atoms with E-state index in [4.69, 9.17) is 4.74 Å². The minimum absolute atomic E-state index is 0.0407. The Balaban J connectivity index is 2.49. The fourth-order valence-electron chi connectivity index (χ4n) is 2.74. The molecule has 1 aliphatic heterocycles. The van der Waals surface area contributed by atoms with Gasteiger partial charge in [-0.2, -0.15) is 0 Å². The van der Waals surface area contributed by atoms with Crippen molar-refractivity contribution < 1.29 is 19.1 Å². The van der Waals surface area contributed by atoms with Gasteiger partial charge in [0.05, 0.1) is 13.0 Å². The number of nitrogens with zero attached hydrogens (tertiary/aromatic N) is 1. The lowest BCUT2D eigenvalue weighted by Gasteiger charge is -2.25. The molecule has 5 heteroatoms. The van der Waals surface area contributed by atoms with E-state index in [1.165, 1.54) is 12.0 Å². The average Bonchev–Trinajstić information content (AvgIpc) is 3.01. The van der Waals surface area contributed by atoms with E-state index in [2.05, 4.69) is 6.08 Å². The number of Topliss-reactive ketones (excluding diaryl/α,β-unsaturated/α-hetero) is 1. The highest BCUT2D eigenvalue weighted by molar-refractivity contribution is 6.02. The monoisotopic (exact) mass is 309 g/mol. The molecule has 0 N–H and O–H groups in total. The van der Waals surface area contributed by atoms with Gasteiger partial charge in [-0.25, -0.2) is 4.79 Å². The molecule has 0 aromatic carbocycles. The lowest BCUT2D eigenvalue weighted by molar-refractivity contribution is -0.153. The molecule has 0 aromatic rings. The topological polar surface area (TPSA) is 63.7 Å². The Morgan fingerprint density at radius 3 is 2.68 bits per heavy atom. The zero-order chi connectivity index (χ0) is 16.5. The van der Waals surface area contributed by atoms with Crippen LogP contribution < -0.4 is 0 Å². The number of unbranched alkanes of at least 4 members (excludes halogenated alkanes) is 2. The Morgan fingerprint density at radius 2 is 2.05 bits per heavy atom. The van der Waals surface area contributed by atoms with Crippen LogP contribution in [0, 0.1) is 5.92 Å². The quantitative estimate of drug-likeness (QED) is 0.299. The van der Waals surface area contributed by atoms with Crippen LogP contribution in [0.4, 0.5) is 0 Å². The van der Waals surface area contributed by atoms with E-state index >= 15 is 0 Å². The summed E-state index contributed by atoms with van der Waals surface area (Å²) in [6, 6.07) is -0.526. The Labute approximate surface area is 132 Å². The number of ketones is 1. The Hall–Kier alpha value is -1.65. The van der Waals surface area contributed by atoms with Crippen LogP contribution in [-0.4, -0.2) is 42.3 Å². The largest absolute Gasteiger partial charge is 0.467 e. The van der Waals surface area contributed by atoms with E-state index in [1.54, 1.807) is 6.92 Å². The lowest BCUT2D eigenvalue weighted by Crippen LogP contribution is -2.45. The molecular weight excluding hydrogens is 282 g/mol. The maximum Gasteiger partial charge on any atom is 0.328 e. The first-order valence-corrected chi connectivity index (χ1v) is 8.05. The van der Waals surface area contributed by atoms with Crippen molar-refractivity contribution >= 4 is 17.7 Å². The van der Waals surface area contributed by atoms with E-state index in [-0.39, 0.29) is 11.7 Å². The third-order valence-corrected chi connectivity index (χ3v) is 4.14. The first kappa shape index (κ1) is 18.4. The van der Waals surface area contributed by atoms with Gasteiger partial charge in [0.25, 0.3) is 0 Å². The highest BCUT2D eigenvalue weighted by Gasteiger charge is 2.38. The molecule has 0 saturated carbocycles. The number of allylic oxidation sites excluding steroid dienone is 2. The highest BCUT2D eigenvalue weighted by Crippen LogP contribution is 2.22. The lowest BCUT2D eigenvalue weighted by atomic mass is 9.99. The summed E-state index contributed by atoms with van der Waals surface area (Å²) in [5.74, 6) is -1.35. The second kappa shape index (κ2) is 9.38. The van der Waals surface area contributed by atoms with Gasteiger partial charge in [-0.15, -0.1) is 0 Å². The standard InChI is InChI=1S/C17H27NO4/c1-4-5-6-7-8-11-15(19)13(2)16(20)18-12-9-10-14(18)17(21)22-3/h4-5,13-14H,6-12H2,1-3H3/b5-4+/t13-,14-/m0/s1. The van der Waals surface area contributed by atoms with Crippen molar-refractivity contribution in [1.82, 2.24) is 4.90 Å². The molecule has 0 radical (unpaired) electrons. The van der Waals surface area contributed by atoms with Crippen molar-refractivity contribution in [2.45, 2.75) is 58.4 Å². The Bertz CT molecular complexity index is 430. The second-order valence-corrected chi connectivity index (χ2v) is 5.72. The van der Waals surface area contributed by atoms with Gasteiger partial charge in [-0.05, 0) is 46.0 Å². The van der Waals surface area contributed by atoms with E-state index < -0.39 is 17.9 Å². The van der Waals surface area contributed by atoms with Gasteiger partial charge in [0.1, 0.15) is 11.8 Å². The zero-order valence-corrected chi connectivity index (χ0v) is 13.8. The highest BCUT2D eigenvalue weighted by atomic mass is 16.5. The van der Waals surface area contributed by atoms with Gasteiger partial charge in [0, 0.05) is 13.0 Å². The maximum atomic E-state index is 12.4. The molecule has 0 spiro atoms. The Morgan fingerprint density at radius 1 is 1.32 bits per heavy atom. The number of hydrogen-bond donors (Lipinski definition) is 0. The van der Waals surface area contributed by atoms with Crippen molar-refractivity contribution in [3.63, 3.8) is 0 Å². The number of rotatable bonds is 8. The zero-order valence-electron chi connectivity index (χ0n) is 13.8. The molecule has 22 heavy (non-hydrogen) atoms. The van der Waals surface area contributed by atoms with Gasteiger partial charge in [-0.3, -0.25) is 9.59 Å². The summed E-state index contributed by atoms with van der Waals surface area (Å²) >= 11 is 0. The number of carbonyl (C=O) groups is 3. The van der Waals surface area contributed by atoms with Crippen LogP contribution in [0.15, 0.2) is 12.2 Å². The summed E-state index contributed by atoms with van der Waals surface area (Å²) in [6.07, 6.45) is 8.58. The summed E-state index contributed by atoms with van der Waals surface area (Å²) in [6.45, 7) is 4.14. The molecule has 5 nitrogen and oxygen atoms in total. The summed E-state index contributed by atoms with van der Waals surface area (Å²) in [5, 5.41) is 0. The molecule has 0 bridgehead atoms. The molecule has 124 valence electrons. The van der Waals surface area contributed by atoms with Crippen molar-refractivity contribution in [2.75, 3.05) is 13.7 Å². The SMILES string of the molecule is C/C=C/CCCCC(=O)[C@H](C)C(=O)N1CCC[C@H]1C(=O)OC. The minimum Gasteiger partial charge on any atom is -0.467 e. The summed E-state index contributed by atoms with van der Waals surface area (Å²) in [5.41, 5.74) is 0. The van der Waals surface area contributed by atoms with Crippen molar-refractivity contribution in [1.29, 1.82) is 0 Å². The van der Waals surface area contributed by atoms with Gasteiger partial charge >= 0.3 is 5.97 Å². The number of methoxy groups -OCH3 is 1. The van der Waals surface area contributed by atoms with Crippen LogP contribution in [0.2, 0.25) is 0 Å². The number of carbonyl (C=O) groups excluding carboxylic acids is 3. The van der Waals surface area contributed by atoms with Crippen LogP contribution >= 0.6 is 0 Å². The Kier molecular flexibility index (Phi) is 7.85. The van der Waals surface area contributed by atoms with E-state index in [9.17, 15) is 14.4 Å². The van der Waals surface area contributed by atoms with Gasteiger partial charge in [-0.1, -0.05) is 12.2 Å². The van der Waals surface area contributed by atoms with E-state index in [0.29, 0.717) is 19.4 Å². The van der Waals surface area contributed by atoms with Crippen LogP contribution in [0.25, 0.3) is 0 Å². The normalized spacial score (nSPS) is 19.4. The first-order chi connectivity index (χ1) is 10.5. The average molecular weight is 309 g/mol. The van der Waals surface area contributed by atoms with Crippen LogP contribution in [-0.2, 0) is 19.1 Å². The van der Waals surface area contributed by atoms with Gasteiger partial charge in [0.2, 0.25) is 5.91 Å². The molecule has 0 aliphatic carbocycles. The number of esters is 1. The van der Waals surface area contributed by atoms with Gasteiger partial charge in [0.15, 0.2) is 0 Å². The predicted octanol–water partition coefficient (Wildman–Crippen LogP) is 2.49. The maximum absolute atomic E-state index is 12.4. The molecular formula is C17H27NO4. The fraction of sp³-hybridized carbons (Fsp3) is 0.706. The van der Waals surface area contributed by atoms with Crippen molar-refractivity contribution in [3.8, 4) is 0 Å². The molecule has 1 heterocycles. The molecule has 1 fully saturated rings. The summed E-state index contributed by atoms with van der Waals surface area (Å²) < 4.78 is 4.73. The van der Waals surface area contributed by atoms with E-state index in [1.807, 2.05) is 13.0 Å². The van der Waals surface area contributed by atoms with E-state index in [0.717, 1.165) is 25.7 Å². The second-order valence-electron chi connectivity index (χ2n) is 5.72. The number of hydrogen-bond acceptors (Lipinski definition) is 4. The number of amides is 1. The molecule has 1 saturated heterocycles. The third kappa shape index (κ3) is 4.97. The first-order valence-electron chi connectivity index (χ1n) is 8.05. The minimum atomic E-state index is -0.674. The molecule has 0 unspecified atom stereocenters. The van der Waals surface area contributed by atoms with Crippen molar-refractivity contribution in [2.24, 2.45) is 5.92 Å². The third-order valence-electron chi connectivity index (χ3n) is 4.14. The fourth-order valence-corrected chi connectivity index (χ4v) is 2.74. The summed E-state index contributed by atoms with van der Waals surface area (Å²) in [4.78, 5) is 37.8. The number of ether oxygens (including phenoxy) is 1. The molecule has 2 atom stereocenters. The number of likely N-dealkylation sites (tertiary alicyclic amines) is 1. The predicted molar refractivity (Wildman–Crippen MR) is 84.2 cm³/mol. The van der Waals surface area contributed by atoms with Gasteiger partial charge < -0.3 is 9.64 Å². The molecule has 1 rings (SSSR count).